The first-order valence-corrected chi connectivity index (χ1v) is 10.9. The van der Waals surface area contributed by atoms with Crippen LogP contribution in [0.5, 0.6) is 0 Å². The summed E-state index contributed by atoms with van der Waals surface area (Å²) in [5.74, 6) is -2.33. The Morgan fingerprint density at radius 1 is 0.778 bits per heavy atom. The van der Waals surface area contributed by atoms with Crippen molar-refractivity contribution in [1.82, 2.24) is 0 Å². The fourth-order valence-electron chi connectivity index (χ4n) is 6.02. The summed E-state index contributed by atoms with van der Waals surface area (Å²) in [5, 5.41) is 0. The number of alkyl halides is 4. The molecular formula is C22H34F4O. The maximum atomic E-state index is 14.4. The fourth-order valence-corrected chi connectivity index (χ4v) is 6.02. The Morgan fingerprint density at radius 2 is 1.30 bits per heavy atom. The smallest absolute Gasteiger partial charge is 0.299 e. The third-order valence-corrected chi connectivity index (χ3v) is 7.90. The van der Waals surface area contributed by atoms with Crippen LogP contribution in [0.1, 0.15) is 78.1 Å². The molecule has 3 aliphatic carbocycles. The maximum absolute atomic E-state index is 14.4. The summed E-state index contributed by atoms with van der Waals surface area (Å²) in [6.07, 6.45) is 2.33. The highest BCUT2D eigenvalue weighted by Crippen LogP contribution is 2.48. The minimum absolute atomic E-state index is 0.186. The molecule has 156 valence electrons. The molecule has 3 aliphatic rings. The number of carbonyl (C=O) groups excluding carboxylic acids is 1. The van der Waals surface area contributed by atoms with E-state index in [-0.39, 0.29) is 18.1 Å². The van der Waals surface area contributed by atoms with Gasteiger partial charge in [0.2, 0.25) is 0 Å². The molecule has 3 rings (SSSR count). The summed E-state index contributed by atoms with van der Waals surface area (Å²) in [5.41, 5.74) is 0. The van der Waals surface area contributed by atoms with Crippen LogP contribution in [0.4, 0.5) is 17.6 Å². The first-order chi connectivity index (χ1) is 12.7. The van der Waals surface area contributed by atoms with E-state index in [1.165, 1.54) is 32.6 Å². The van der Waals surface area contributed by atoms with Gasteiger partial charge in [-0.05, 0) is 75.0 Å². The molecule has 0 aromatic rings. The van der Waals surface area contributed by atoms with Crippen molar-refractivity contribution in [2.75, 3.05) is 0 Å². The van der Waals surface area contributed by atoms with Crippen molar-refractivity contribution in [1.29, 1.82) is 0 Å². The van der Waals surface area contributed by atoms with E-state index in [4.69, 9.17) is 0 Å². The Hall–Kier alpha value is -0.610. The van der Waals surface area contributed by atoms with Gasteiger partial charge in [0.05, 0.1) is 5.92 Å². The van der Waals surface area contributed by atoms with Gasteiger partial charge in [0.15, 0.2) is 0 Å². The lowest BCUT2D eigenvalue weighted by molar-refractivity contribution is -0.220. The lowest BCUT2D eigenvalue weighted by Crippen LogP contribution is -2.48. The van der Waals surface area contributed by atoms with Crippen LogP contribution in [0.15, 0.2) is 0 Å². The fraction of sp³-hybridized carbons (Fsp3) is 0.955. The molecule has 0 saturated heterocycles. The van der Waals surface area contributed by atoms with Crippen molar-refractivity contribution in [2.45, 2.75) is 90.4 Å². The molecule has 5 heteroatoms. The van der Waals surface area contributed by atoms with Gasteiger partial charge in [-0.25, -0.2) is 4.39 Å². The van der Waals surface area contributed by atoms with Gasteiger partial charge in [0, 0.05) is 11.8 Å². The molecular weight excluding hydrogens is 356 g/mol. The Bertz CT molecular complexity index is 501. The number of carbonyl (C=O) groups is 1. The van der Waals surface area contributed by atoms with Crippen LogP contribution in [0, 0.1) is 41.4 Å². The molecule has 27 heavy (non-hydrogen) atoms. The van der Waals surface area contributed by atoms with E-state index < -0.39 is 30.1 Å². The highest BCUT2D eigenvalue weighted by atomic mass is 19.4. The van der Waals surface area contributed by atoms with Crippen molar-refractivity contribution in [3.05, 3.63) is 0 Å². The Morgan fingerprint density at radius 3 is 1.81 bits per heavy atom. The summed E-state index contributed by atoms with van der Waals surface area (Å²) in [6, 6.07) is 0. The van der Waals surface area contributed by atoms with Gasteiger partial charge in [0.25, 0.3) is 0 Å². The van der Waals surface area contributed by atoms with E-state index in [1.807, 2.05) is 0 Å². The van der Waals surface area contributed by atoms with Crippen LogP contribution < -0.4 is 0 Å². The van der Waals surface area contributed by atoms with Crippen molar-refractivity contribution in [3.63, 3.8) is 0 Å². The lowest BCUT2D eigenvalue weighted by atomic mass is 9.65. The van der Waals surface area contributed by atoms with Crippen LogP contribution >= 0.6 is 0 Å². The normalized spacial score (nSPS) is 44.1. The summed E-state index contributed by atoms with van der Waals surface area (Å²) < 4.78 is 54.8. The number of hydrogen-bond donors (Lipinski definition) is 0. The first kappa shape index (κ1) is 21.1. The van der Waals surface area contributed by atoms with Gasteiger partial charge in [0.1, 0.15) is 12.0 Å². The zero-order valence-corrected chi connectivity index (χ0v) is 16.6. The number of rotatable bonds is 3. The predicted octanol–water partition coefficient (Wildman–Crippen LogP) is 6.75. The van der Waals surface area contributed by atoms with Gasteiger partial charge in [-0.15, -0.1) is 0 Å². The van der Waals surface area contributed by atoms with Gasteiger partial charge >= 0.3 is 6.18 Å². The highest BCUT2D eigenvalue weighted by Gasteiger charge is 2.56. The maximum Gasteiger partial charge on any atom is 0.395 e. The lowest BCUT2D eigenvalue weighted by Gasteiger charge is -2.41. The monoisotopic (exact) mass is 390 g/mol. The van der Waals surface area contributed by atoms with E-state index in [2.05, 4.69) is 6.92 Å². The van der Waals surface area contributed by atoms with E-state index in [0.29, 0.717) is 25.2 Å². The molecule has 0 bridgehead atoms. The highest BCUT2D eigenvalue weighted by molar-refractivity contribution is 5.84. The molecule has 4 atom stereocenters. The second-order valence-electron chi connectivity index (χ2n) is 9.71. The van der Waals surface area contributed by atoms with Crippen LogP contribution in [-0.2, 0) is 4.79 Å². The zero-order chi connectivity index (χ0) is 19.8. The number of ketones is 1. The topological polar surface area (TPSA) is 17.1 Å². The summed E-state index contributed by atoms with van der Waals surface area (Å²) in [4.78, 5) is 12.9. The molecule has 3 saturated carbocycles. The minimum atomic E-state index is -4.63. The van der Waals surface area contributed by atoms with Crippen LogP contribution in [-0.4, -0.2) is 18.1 Å². The van der Waals surface area contributed by atoms with Crippen molar-refractivity contribution >= 4 is 5.78 Å². The summed E-state index contributed by atoms with van der Waals surface area (Å²) in [6.45, 7) is 3.83. The molecule has 0 aliphatic heterocycles. The Balaban J connectivity index is 1.59. The Kier molecular flexibility index (Phi) is 6.57. The van der Waals surface area contributed by atoms with Crippen molar-refractivity contribution in [2.24, 2.45) is 41.4 Å². The number of Topliss-reactive ketones (excluding diaryl/α,β-unsaturated/α-hetero) is 1. The van der Waals surface area contributed by atoms with E-state index in [1.54, 1.807) is 0 Å². The summed E-state index contributed by atoms with van der Waals surface area (Å²) in [7, 11) is 0. The average molecular weight is 391 g/mol. The largest absolute Gasteiger partial charge is 0.395 e. The van der Waals surface area contributed by atoms with Crippen molar-refractivity contribution in [3.8, 4) is 0 Å². The standard InChI is InChI=1S/C22H34F4O/c1-13-3-6-15(7-4-13)16-8-10-17(11-9-16)21(27)18-12-5-14(2)20(23)19(18)22(24,25)26/h13-20H,3-12H2,1-2H3. The molecule has 0 N–H and O–H groups in total. The summed E-state index contributed by atoms with van der Waals surface area (Å²) >= 11 is 0. The molecule has 0 amide bonds. The van der Waals surface area contributed by atoms with Gasteiger partial charge in [-0.2, -0.15) is 13.2 Å². The molecule has 4 unspecified atom stereocenters. The second kappa shape index (κ2) is 8.41. The third kappa shape index (κ3) is 4.70. The predicted molar refractivity (Wildman–Crippen MR) is 97.9 cm³/mol. The second-order valence-corrected chi connectivity index (χ2v) is 9.71. The molecule has 0 aromatic heterocycles. The molecule has 0 spiro atoms. The average Bonchev–Trinajstić information content (AvgIpc) is 2.63. The quantitative estimate of drug-likeness (QED) is 0.487. The van der Waals surface area contributed by atoms with Crippen LogP contribution in [0.2, 0.25) is 0 Å². The molecule has 3 fully saturated rings. The zero-order valence-electron chi connectivity index (χ0n) is 16.6. The van der Waals surface area contributed by atoms with Crippen molar-refractivity contribution < 1.29 is 22.4 Å². The molecule has 0 radical (unpaired) electrons. The minimum Gasteiger partial charge on any atom is -0.299 e. The van der Waals surface area contributed by atoms with E-state index in [9.17, 15) is 22.4 Å². The van der Waals surface area contributed by atoms with Crippen LogP contribution in [0.25, 0.3) is 0 Å². The molecule has 0 heterocycles. The Labute approximate surface area is 160 Å². The molecule has 0 aromatic carbocycles. The van der Waals surface area contributed by atoms with E-state index >= 15 is 0 Å². The first-order valence-electron chi connectivity index (χ1n) is 10.9. The van der Waals surface area contributed by atoms with Gasteiger partial charge in [-0.3, -0.25) is 4.79 Å². The van der Waals surface area contributed by atoms with Gasteiger partial charge in [-0.1, -0.05) is 26.7 Å². The number of hydrogen-bond acceptors (Lipinski definition) is 1. The van der Waals surface area contributed by atoms with Crippen LogP contribution in [0.3, 0.4) is 0 Å². The van der Waals surface area contributed by atoms with Gasteiger partial charge < -0.3 is 0 Å². The number of halogens is 4. The third-order valence-electron chi connectivity index (χ3n) is 7.90. The van der Waals surface area contributed by atoms with E-state index in [0.717, 1.165) is 24.7 Å². The molecule has 1 nitrogen and oxygen atoms in total. The SMILES string of the molecule is CC1CCC(C2CCC(C(=O)C3CCC(C)C(F)C3C(F)(F)F)CC2)CC1.